The van der Waals surface area contributed by atoms with Crippen LogP contribution in [0, 0.1) is 17.3 Å². The van der Waals surface area contributed by atoms with E-state index in [4.69, 9.17) is 0 Å². The van der Waals surface area contributed by atoms with Gasteiger partial charge in [0.05, 0.1) is 12.2 Å². The molecule has 19 heavy (non-hydrogen) atoms. The van der Waals surface area contributed by atoms with E-state index in [1.54, 1.807) is 6.20 Å². The second-order valence-electron chi connectivity index (χ2n) is 6.74. The first-order chi connectivity index (χ1) is 8.92. The van der Waals surface area contributed by atoms with Crippen molar-refractivity contribution >= 4 is 5.71 Å². The number of aliphatic hydroxyl groups is 1. The van der Waals surface area contributed by atoms with Crippen molar-refractivity contribution < 1.29 is 5.11 Å². The molecule has 3 aliphatic rings. The minimum absolute atomic E-state index is 0.257. The minimum Gasteiger partial charge on any atom is -0.384 e. The summed E-state index contributed by atoms with van der Waals surface area (Å²) in [5.41, 5.74) is 1.45. The third-order valence-electron chi connectivity index (χ3n) is 5.33. The van der Waals surface area contributed by atoms with E-state index in [0.717, 1.165) is 24.2 Å². The molecule has 102 valence electrons. The molecule has 1 aromatic heterocycles. The van der Waals surface area contributed by atoms with Crippen LogP contribution in [-0.4, -0.2) is 21.4 Å². The summed E-state index contributed by atoms with van der Waals surface area (Å²) >= 11 is 0. The second kappa shape index (κ2) is 4.14. The lowest BCUT2D eigenvalue weighted by molar-refractivity contribution is -0.134. The maximum Gasteiger partial charge on any atom is 0.103 e. The Balaban J connectivity index is 1.80. The van der Waals surface area contributed by atoms with Crippen LogP contribution in [0.3, 0.4) is 0 Å². The second-order valence-corrected chi connectivity index (χ2v) is 6.74. The molecule has 1 heterocycles. The van der Waals surface area contributed by atoms with Gasteiger partial charge in [0.1, 0.15) is 5.60 Å². The topological polar surface area (TPSA) is 45.5 Å². The van der Waals surface area contributed by atoms with Crippen LogP contribution in [0.5, 0.6) is 0 Å². The molecule has 0 amide bonds. The number of aliphatic imine (C=N–C) groups is 1. The van der Waals surface area contributed by atoms with Gasteiger partial charge in [0.2, 0.25) is 0 Å². The van der Waals surface area contributed by atoms with Crippen LogP contribution >= 0.6 is 0 Å². The molecule has 0 spiro atoms. The molecule has 1 N–H and O–H groups in total. The van der Waals surface area contributed by atoms with Gasteiger partial charge in [-0.1, -0.05) is 19.9 Å². The zero-order valence-corrected chi connectivity index (χ0v) is 11.9. The Morgan fingerprint density at radius 1 is 1.37 bits per heavy atom. The quantitative estimate of drug-likeness (QED) is 0.886. The highest BCUT2D eigenvalue weighted by molar-refractivity contribution is 5.94. The van der Waals surface area contributed by atoms with Gasteiger partial charge >= 0.3 is 0 Å². The molecule has 3 heteroatoms. The Morgan fingerprint density at radius 2 is 2.16 bits per heavy atom. The molecular formula is C16H22N2O. The van der Waals surface area contributed by atoms with Crippen molar-refractivity contribution in [3.05, 3.63) is 30.1 Å². The third-order valence-corrected chi connectivity index (χ3v) is 5.33. The molecular weight excluding hydrogens is 236 g/mol. The Morgan fingerprint density at radius 3 is 2.74 bits per heavy atom. The summed E-state index contributed by atoms with van der Waals surface area (Å²) in [6, 6.07) is 5.86. The third kappa shape index (κ3) is 1.91. The van der Waals surface area contributed by atoms with Crippen LogP contribution in [-0.2, 0) is 6.54 Å². The van der Waals surface area contributed by atoms with E-state index in [-0.39, 0.29) is 5.41 Å². The number of nitrogens with zero attached hydrogens (tertiary/aromatic N) is 2. The maximum atomic E-state index is 10.8. The summed E-state index contributed by atoms with van der Waals surface area (Å²) in [6.45, 7) is 7.06. The van der Waals surface area contributed by atoms with Gasteiger partial charge in [0, 0.05) is 11.9 Å². The lowest BCUT2D eigenvalue weighted by Crippen LogP contribution is -2.64. The fraction of sp³-hybridized carbons (Fsp3) is 0.625. The zero-order chi connectivity index (χ0) is 13.7. The van der Waals surface area contributed by atoms with Gasteiger partial charge in [-0.25, -0.2) is 0 Å². The lowest BCUT2D eigenvalue weighted by Gasteiger charge is -2.62. The fourth-order valence-electron chi connectivity index (χ4n) is 3.85. The van der Waals surface area contributed by atoms with E-state index in [9.17, 15) is 5.11 Å². The molecule has 3 saturated carbocycles. The zero-order valence-electron chi connectivity index (χ0n) is 11.9. The van der Waals surface area contributed by atoms with Gasteiger partial charge in [0.25, 0.3) is 0 Å². The maximum absolute atomic E-state index is 10.8. The summed E-state index contributed by atoms with van der Waals surface area (Å²) in [7, 11) is 0. The first kappa shape index (κ1) is 12.8. The van der Waals surface area contributed by atoms with Crippen LogP contribution < -0.4 is 0 Å². The molecule has 4 rings (SSSR count). The smallest absolute Gasteiger partial charge is 0.103 e. The van der Waals surface area contributed by atoms with Crippen LogP contribution in [0.25, 0.3) is 0 Å². The highest BCUT2D eigenvalue weighted by Crippen LogP contribution is 2.61. The summed E-state index contributed by atoms with van der Waals surface area (Å²) in [5, 5.41) is 10.8. The van der Waals surface area contributed by atoms with Crippen molar-refractivity contribution in [2.75, 3.05) is 0 Å². The average molecular weight is 258 g/mol. The van der Waals surface area contributed by atoms with Crippen LogP contribution in [0.15, 0.2) is 29.4 Å². The number of hydrogen-bond acceptors (Lipinski definition) is 3. The van der Waals surface area contributed by atoms with Crippen LogP contribution in [0.1, 0.15) is 39.3 Å². The van der Waals surface area contributed by atoms with Gasteiger partial charge in [-0.05, 0) is 49.1 Å². The number of hydrogen-bond donors (Lipinski definition) is 1. The molecule has 2 bridgehead atoms. The molecule has 3 fully saturated rings. The van der Waals surface area contributed by atoms with Crippen molar-refractivity contribution in [1.29, 1.82) is 0 Å². The molecule has 3 atom stereocenters. The first-order valence-corrected chi connectivity index (χ1v) is 7.08. The first-order valence-electron chi connectivity index (χ1n) is 7.08. The number of rotatable bonds is 2. The Bertz CT molecular complexity index is 505. The summed E-state index contributed by atoms with van der Waals surface area (Å²) in [6.07, 6.45) is 3.86. The van der Waals surface area contributed by atoms with E-state index in [2.05, 4.69) is 23.8 Å². The normalized spacial score (nSPS) is 38.0. The number of fused-ring (bicyclic) bond motifs is 2. The molecule has 3 nitrogen and oxygen atoms in total. The van der Waals surface area contributed by atoms with Crippen molar-refractivity contribution in [2.24, 2.45) is 22.2 Å². The Labute approximate surface area is 114 Å². The average Bonchev–Trinajstić information content (AvgIpc) is 2.37. The van der Waals surface area contributed by atoms with Crippen molar-refractivity contribution in [3.8, 4) is 0 Å². The van der Waals surface area contributed by atoms with Crippen LogP contribution in [0.2, 0.25) is 0 Å². The predicted molar refractivity (Wildman–Crippen MR) is 76.0 cm³/mol. The van der Waals surface area contributed by atoms with Crippen molar-refractivity contribution in [2.45, 2.75) is 45.8 Å². The van der Waals surface area contributed by atoms with Gasteiger partial charge in [0.15, 0.2) is 0 Å². The van der Waals surface area contributed by atoms with Gasteiger partial charge < -0.3 is 5.11 Å². The molecule has 0 aromatic carbocycles. The highest BCUT2D eigenvalue weighted by Gasteiger charge is 2.61. The lowest BCUT2D eigenvalue weighted by atomic mass is 9.44. The standard InChI is InChI=1S/C16H22N2O/c1-15(2)11-8-13(15)16(3,19)14(9-11)18-10-12-6-4-5-7-17-12/h4-7,11,13,19H,8-10H2,1-3H3/t11-,13-,16-/m1/s1. The number of aromatic nitrogens is 1. The molecule has 3 aliphatic carbocycles. The number of pyridine rings is 1. The largest absolute Gasteiger partial charge is 0.384 e. The van der Waals surface area contributed by atoms with Gasteiger partial charge in [-0.3, -0.25) is 9.98 Å². The summed E-state index contributed by atoms with van der Waals surface area (Å²) in [5.74, 6) is 1.03. The van der Waals surface area contributed by atoms with Gasteiger partial charge in [-0.2, -0.15) is 0 Å². The van der Waals surface area contributed by atoms with Gasteiger partial charge in [-0.15, -0.1) is 0 Å². The van der Waals surface area contributed by atoms with E-state index in [1.807, 2.05) is 25.1 Å². The highest BCUT2D eigenvalue weighted by atomic mass is 16.3. The predicted octanol–water partition coefficient (Wildman–Crippen LogP) is 2.84. The van der Waals surface area contributed by atoms with E-state index in [1.165, 1.54) is 0 Å². The van der Waals surface area contributed by atoms with Crippen LogP contribution in [0.4, 0.5) is 0 Å². The van der Waals surface area contributed by atoms with E-state index < -0.39 is 5.60 Å². The van der Waals surface area contributed by atoms with Crippen molar-refractivity contribution in [1.82, 2.24) is 4.98 Å². The summed E-state index contributed by atoms with van der Waals surface area (Å²) < 4.78 is 0. The van der Waals surface area contributed by atoms with E-state index in [0.29, 0.717) is 18.4 Å². The van der Waals surface area contributed by atoms with E-state index >= 15 is 0 Å². The van der Waals surface area contributed by atoms with Crippen molar-refractivity contribution in [3.63, 3.8) is 0 Å². The molecule has 0 saturated heterocycles. The summed E-state index contributed by atoms with van der Waals surface area (Å²) in [4.78, 5) is 8.94. The fourth-order valence-corrected chi connectivity index (χ4v) is 3.85. The molecule has 1 aromatic rings. The molecule has 0 unspecified atom stereocenters. The molecule has 0 radical (unpaired) electrons. The SMILES string of the molecule is CC1(C)[C@H]2CC(=NCc3ccccn3)[C@](C)(O)[C@@H]1C2. The minimum atomic E-state index is -0.743. The Hall–Kier alpha value is -1.22. The Kier molecular flexibility index (Phi) is 2.79. The molecule has 0 aliphatic heterocycles. The monoisotopic (exact) mass is 258 g/mol.